The minimum atomic E-state index is 0.867. The lowest BCUT2D eigenvalue weighted by atomic mass is 10.1. The Labute approximate surface area is 170 Å². The minimum absolute atomic E-state index is 0.867. The maximum Gasteiger partial charge on any atom is 0.165 e. The molecule has 0 unspecified atom stereocenters. The molecule has 0 aliphatic carbocycles. The number of hydrogen-bond acceptors (Lipinski definition) is 2. The summed E-state index contributed by atoms with van der Waals surface area (Å²) in [5.41, 5.74) is 8.62. The molecule has 29 heavy (non-hydrogen) atoms. The number of nitrogens with zero attached hydrogens (tertiary/aromatic N) is 3. The zero-order valence-corrected chi connectivity index (χ0v) is 16.5. The second-order valence-corrected chi connectivity index (χ2v) is 7.38. The molecule has 2 heterocycles. The van der Waals surface area contributed by atoms with Gasteiger partial charge in [-0.2, -0.15) is 0 Å². The number of imidazole rings is 1. The van der Waals surface area contributed by atoms with E-state index in [-0.39, 0.29) is 0 Å². The molecule has 0 N–H and O–H groups in total. The van der Waals surface area contributed by atoms with Crippen molar-refractivity contribution in [2.45, 2.75) is 13.8 Å². The van der Waals surface area contributed by atoms with Gasteiger partial charge in [0, 0.05) is 23.0 Å². The number of rotatable bonds is 3. The molecule has 0 saturated carbocycles. The highest BCUT2D eigenvalue weighted by molar-refractivity contribution is 5.93. The van der Waals surface area contributed by atoms with Crippen LogP contribution in [0.4, 0.5) is 0 Å². The van der Waals surface area contributed by atoms with Gasteiger partial charge in [0.05, 0.1) is 0 Å². The number of aryl methyl sites for hydroxylation is 2. The molecule has 140 valence electrons. The fourth-order valence-corrected chi connectivity index (χ4v) is 3.94. The summed E-state index contributed by atoms with van der Waals surface area (Å²) in [6.45, 7) is 4.25. The average molecular weight is 375 g/mol. The summed E-state index contributed by atoms with van der Waals surface area (Å²) in [4.78, 5) is 9.85. The van der Waals surface area contributed by atoms with Crippen LogP contribution >= 0.6 is 0 Å². The van der Waals surface area contributed by atoms with E-state index >= 15 is 0 Å². The molecule has 0 bridgehead atoms. The highest BCUT2D eigenvalue weighted by atomic mass is 15.1. The third-order valence-electron chi connectivity index (χ3n) is 5.13. The Morgan fingerprint density at radius 2 is 1.34 bits per heavy atom. The first-order valence-corrected chi connectivity index (χ1v) is 9.78. The van der Waals surface area contributed by atoms with E-state index in [1.165, 1.54) is 11.1 Å². The fourth-order valence-electron chi connectivity index (χ4n) is 3.94. The van der Waals surface area contributed by atoms with Gasteiger partial charge < -0.3 is 0 Å². The van der Waals surface area contributed by atoms with Crippen LogP contribution in [-0.4, -0.2) is 14.5 Å². The van der Waals surface area contributed by atoms with E-state index in [1.807, 2.05) is 36.5 Å². The summed E-state index contributed by atoms with van der Waals surface area (Å²) in [6.07, 6.45) is 1.87. The largest absolute Gasteiger partial charge is 0.277 e. The van der Waals surface area contributed by atoms with Crippen molar-refractivity contribution in [3.8, 4) is 28.2 Å². The Balaban J connectivity index is 1.87. The van der Waals surface area contributed by atoms with Crippen LogP contribution < -0.4 is 0 Å². The second-order valence-electron chi connectivity index (χ2n) is 7.38. The molecule has 3 heteroatoms. The van der Waals surface area contributed by atoms with Gasteiger partial charge in [-0.3, -0.25) is 4.57 Å². The van der Waals surface area contributed by atoms with Gasteiger partial charge in [-0.05, 0) is 49.7 Å². The molecule has 3 aromatic carbocycles. The molecule has 0 spiro atoms. The van der Waals surface area contributed by atoms with E-state index in [2.05, 4.69) is 73.0 Å². The van der Waals surface area contributed by atoms with Gasteiger partial charge in [0.15, 0.2) is 5.65 Å². The first-order valence-electron chi connectivity index (χ1n) is 9.78. The molecule has 0 radical (unpaired) electrons. The predicted octanol–water partition coefficient (Wildman–Crippen LogP) is 6.37. The van der Waals surface area contributed by atoms with Crippen LogP contribution in [0.1, 0.15) is 11.1 Å². The summed E-state index contributed by atoms with van der Waals surface area (Å²) in [7, 11) is 0. The number of hydrogen-bond donors (Lipinski definition) is 0. The van der Waals surface area contributed by atoms with Crippen LogP contribution in [-0.2, 0) is 0 Å². The highest BCUT2D eigenvalue weighted by Crippen LogP contribution is 2.33. The van der Waals surface area contributed by atoms with Crippen LogP contribution in [0.15, 0.2) is 91.1 Å². The molecule has 5 rings (SSSR count). The van der Waals surface area contributed by atoms with E-state index in [1.54, 1.807) is 0 Å². The van der Waals surface area contributed by atoms with Gasteiger partial charge in [-0.15, -0.1) is 0 Å². The van der Waals surface area contributed by atoms with E-state index in [0.717, 1.165) is 39.4 Å². The third-order valence-corrected chi connectivity index (χ3v) is 5.13. The molecule has 3 nitrogen and oxygen atoms in total. The first-order chi connectivity index (χ1) is 14.2. The topological polar surface area (TPSA) is 30.7 Å². The Morgan fingerprint density at radius 3 is 2.03 bits per heavy atom. The van der Waals surface area contributed by atoms with Crippen molar-refractivity contribution in [3.05, 3.63) is 102 Å². The average Bonchev–Trinajstić information content (AvgIpc) is 3.14. The van der Waals surface area contributed by atoms with Crippen molar-refractivity contribution in [1.29, 1.82) is 0 Å². The van der Waals surface area contributed by atoms with Gasteiger partial charge in [-0.1, -0.05) is 65.7 Å². The van der Waals surface area contributed by atoms with E-state index in [9.17, 15) is 0 Å². The Hall–Kier alpha value is -3.72. The van der Waals surface area contributed by atoms with Gasteiger partial charge in [-0.25, -0.2) is 9.97 Å². The third kappa shape index (κ3) is 3.11. The fraction of sp³-hybridized carbons (Fsp3) is 0.0769. The lowest BCUT2D eigenvalue weighted by molar-refractivity contribution is 1.08. The maximum absolute atomic E-state index is 5.12. The van der Waals surface area contributed by atoms with Gasteiger partial charge in [0.2, 0.25) is 0 Å². The van der Waals surface area contributed by atoms with E-state index in [0.29, 0.717) is 0 Å². The van der Waals surface area contributed by atoms with Crippen molar-refractivity contribution in [2.24, 2.45) is 0 Å². The van der Waals surface area contributed by atoms with Crippen molar-refractivity contribution in [1.82, 2.24) is 14.5 Å². The van der Waals surface area contributed by atoms with Crippen molar-refractivity contribution < 1.29 is 0 Å². The molecule has 5 aromatic rings. The maximum atomic E-state index is 5.12. The number of benzene rings is 3. The zero-order chi connectivity index (χ0) is 19.8. The summed E-state index contributed by atoms with van der Waals surface area (Å²) < 4.78 is 2.16. The standard InChI is InChI=1S/C26H21N3/c1-18-15-19(2)17-21(16-18)25-28-24-23(20-9-5-3-6-10-20)13-14-27-26(24)29(25)22-11-7-4-8-12-22/h3-17H,1-2H3. The number of para-hydroxylation sites is 1. The van der Waals surface area contributed by atoms with Crippen LogP contribution in [0.5, 0.6) is 0 Å². The molecule has 0 amide bonds. The Morgan fingerprint density at radius 1 is 0.690 bits per heavy atom. The smallest absolute Gasteiger partial charge is 0.165 e. The van der Waals surface area contributed by atoms with Crippen LogP contribution in [0, 0.1) is 13.8 Å². The van der Waals surface area contributed by atoms with Crippen molar-refractivity contribution in [2.75, 3.05) is 0 Å². The molecule has 0 atom stereocenters. The molecule has 0 saturated heterocycles. The van der Waals surface area contributed by atoms with E-state index < -0.39 is 0 Å². The van der Waals surface area contributed by atoms with Crippen LogP contribution in [0.3, 0.4) is 0 Å². The SMILES string of the molecule is Cc1cc(C)cc(-c2nc3c(-c4ccccc4)ccnc3n2-c2ccccc2)c1. The van der Waals surface area contributed by atoms with Crippen molar-refractivity contribution in [3.63, 3.8) is 0 Å². The summed E-state index contributed by atoms with van der Waals surface area (Å²) in [6, 6.07) is 29.3. The number of fused-ring (bicyclic) bond motifs is 1. The zero-order valence-electron chi connectivity index (χ0n) is 16.5. The molecular weight excluding hydrogens is 354 g/mol. The summed E-state index contributed by atoms with van der Waals surface area (Å²) in [5, 5.41) is 0. The van der Waals surface area contributed by atoms with Gasteiger partial charge in [0.1, 0.15) is 11.3 Å². The van der Waals surface area contributed by atoms with Gasteiger partial charge >= 0.3 is 0 Å². The summed E-state index contributed by atoms with van der Waals surface area (Å²) in [5.74, 6) is 0.911. The lowest BCUT2D eigenvalue weighted by Gasteiger charge is -2.10. The monoisotopic (exact) mass is 375 g/mol. The quantitative estimate of drug-likeness (QED) is 0.367. The number of pyridine rings is 1. The van der Waals surface area contributed by atoms with Crippen LogP contribution in [0.25, 0.3) is 39.4 Å². The molecule has 2 aromatic heterocycles. The van der Waals surface area contributed by atoms with E-state index in [4.69, 9.17) is 9.97 Å². The van der Waals surface area contributed by atoms with Gasteiger partial charge in [0.25, 0.3) is 0 Å². The minimum Gasteiger partial charge on any atom is -0.277 e. The first kappa shape index (κ1) is 17.4. The Bertz CT molecular complexity index is 1280. The summed E-state index contributed by atoms with van der Waals surface area (Å²) >= 11 is 0. The van der Waals surface area contributed by atoms with Crippen LogP contribution in [0.2, 0.25) is 0 Å². The lowest BCUT2D eigenvalue weighted by Crippen LogP contribution is -1.99. The molecule has 0 aliphatic heterocycles. The van der Waals surface area contributed by atoms with Crippen molar-refractivity contribution >= 4 is 11.2 Å². The second kappa shape index (κ2) is 7.02. The number of aromatic nitrogens is 3. The predicted molar refractivity (Wildman–Crippen MR) is 119 cm³/mol. The molecule has 0 aliphatic rings. The molecule has 0 fully saturated rings. The Kier molecular flexibility index (Phi) is 4.21. The highest BCUT2D eigenvalue weighted by Gasteiger charge is 2.18. The molecular formula is C26H21N3. The normalized spacial score (nSPS) is 11.1.